The van der Waals surface area contributed by atoms with E-state index in [0.29, 0.717) is 0 Å². The predicted molar refractivity (Wildman–Crippen MR) is 252 cm³/mol. The summed E-state index contributed by atoms with van der Waals surface area (Å²) in [6, 6.07) is 84.6. The molecule has 0 aromatic heterocycles. The first-order chi connectivity index (χ1) is 29.3. The fourth-order valence-corrected chi connectivity index (χ4v) is 9.49. The maximum atomic E-state index is 2.42. The molecule has 0 unspecified atom stereocenters. The highest BCUT2D eigenvalue weighted by molar-refractivity contribution is 6.34. The molecule has 0 heterocycles. The minimum Gasteiger partial charge on any atom is -0.310 e. The Morgan fingerprint density at radius 2 is 0.763 bits per heavy atom. The number of benzene rings is 11. The van der Waals surface area contributed by atoms with Crippen LogP contribution < -0.4 is 4.90 Å². The van der Waals surface area contributed by atoms with Gasteiger partial charge < -0.3 is 4.90 Å². The molecule has 0 N–H and O–H groups in total. The van der Waals surface area contributed by atoms with Crippen LogP contribution in [0.1, 0.15) is 22.6 Å². The Balaban J connectivity index is 1.07. The van der Waals surface area contributed by atoms with E-state index in [0.717, 1.165) is 23.5 Å². The van der Waals surface area contributed by atoms with Crippen LogP contribution in [0, 0.1) is 0 Å². The van der Waals surface area contributed by atoms with E-state index in [1.807, 2.05) is 0 Å². The SMILES string of the molecule is c1ccc(-c2cccc([C@@H](Cc3ccc4c5cccc6c(N(c7ccccc7)c7cccc(-c8ccccc8)c7)ccc(c7cccc3c47)c65)c3ccccc3)c2)cc1. The van der Waals surface area contributed by atoms with E-state index in [9.17, 15) is 0 Å². The maximum Gasteiger partial charge on any atom is 0.0540 e. The van der Waals surface area contributed by atoms with Crippen molar-refractivity contribution in [3.63, 3.8) is 0 Å². The third kappa shape index (κ3) is 6.20. The first-order valence-electron chi connectivity index (χ1n) is 20.6. The molecule has 11 rings (SSSR count). The van der Waals surface area contributed by atoms with Gasteiger partial charge in [-0.05, 0) is 113 Å². The Labute approximate surface area is 345 Å². The normalized spacial score (nSPS) is 12.1. The minimum absolute atomic E-state index is 0.197. The van der Waals surface area contributed by atoms with Crippen LogP contribution in [0.2, 0.25) is 0 Å². The number of rotatable bonds is 9. The number of hydrogen-bond acceptors (Lipinski definition) is 1. The van der Waals surface area contributed by atoms with Crippen molar-refractivity contribution < 1.29 is 0 Å². The first kappa shape index (κ1) is 34.7. The lowest BCUT2D eigenvalue weighted by molar-refractivity contribution is 0.810. The second-order valence-electron chi connectivity index (χ2n) is 15.6. The monoisotopic (exact) mass is 751 g/mol. The Hall–Kier alpha value is -7.48. The largest absolute Gasteiger partial charge is 0.310 e. The molecule has 0 aliphatic carbocycles. The highest BCUT2D eigenvalue weighted by atomic mass is 15.1. The summed E-state index contributed by atoms with van der Waals surface area (Å²) >= 11 is 0. The molecule has 11 aromatic rings. The zero-order chi connectivity index (χ0) is 39.1. The summed E-state index contributed by atoms with van der Waals surface area (Å²) in [5.41, 5.74) is 12.3. The van der Waals surface area contributed by atoms with E-state index in [1.165, 1.54) is 82.0 Å². The average Bonchev–Trinajstić information content (AvgIpc) is 3.32. The van der Waals surface area contributed by atoms with Crippen molar-refractivity contribution in [3.05, 3.63) is 247 Å². The van der Waals surface area contributed by atoms with Crippen molar-refractivity contribution in [2.24, 2.45) is 0 Å². The summed E-state index contributed by atoms with van der Waals surface area (Å²) in [6.07, 6.45) is 0.895. The molecule has 1 heteroatoms. The van der Waals surface area contributed by atoms with Crippen LogP contribution in [0.4, 0.5) is 17.1 Å². The standard InChI is InChI=1S/C58H41N/c1-5-17-40(18-6-1)43-23-13-25-45(37-43)55(42-21-9-3-10-22-42)39-46-33-34-52-51-31-16-32-54-56(36-35-53(58(51)54)50-30-15-29-49(46)57(50)52)59(47-26-11-4-12-27-47)48-28-14-24-44(38-48)41-19-7-2-8-20-41/h1-38,55H,39H2/t55-/m0/s1. The molecule has 1 nitrogen and oxygen atoms in total. The van der Waals surface area contributed by atoms with Gasteiger partial charge in [-0.1, -0.05) is 200 Å². The molecule has 0 saturated carbocycles. The van der Waals surface area contributed by atoms with Crippen LogP contribution in [-0.2, 0) is 6.42 Å². The summed E-state index contributed by atoms with van der Waals surface area (Å²) < 4.78 is 0. The zero-order valence-corrected chi connectivity index (χ0v) is 32.7. The van der Waals surface area contributed by atoms with Crippen LogP contribution >= 0.6 is 0 Å². The molecule has 0 radical (unpaired) electrons. The van der Waals surface area contributed by atoms with E-state index in [2.05, 4.69) is 235 Å². The van der Waals surface area contributed by atoms with Crippen molar-refractivity contribution in [1.29, 1.82) is 0 Å². The van der Waals surface area contributed by atoms with Crippen LogP contribution in [0.15, 0.2) is 231 Å². The quantitative estimate of drug-likeness (QED) is 0.105. The molecule has 11 aromatic carbocycles. The third-order valence-electron chi connectivity index (χ3n) is 12.2. The van der Waals surface area contributed by atoms with Gasteiger partial charge >= 0.3 is 0 Å². The second kappa shape index (κ2) is 14.8. The van der Waals surface area contributed by atoms with Crippen molar-refractivity contribution in [2.45, 2.75) is 12.3 Å². The highest BCUT2D eigenvalue weighted by Gasteiger charge is 2.22. The van der Waals surface area contributed by atoms with Gasteiger partial charge in [-0.3, -0.25) is 0 Å². The van der Waals surface area contributed by atoms with E-state index >= 15 is 0 Å². The number of hydrogen-bond donors (Lipinski definition) is 0. The van der Waals surface area contributed by atoms with E-state index in [4.69, 9.17) is 0 Å². The number of nitrogens with zero attached hydrogens (tertiary/aromatic N) is 1. The summed E-state index contributed by atoms with van der Waals surface area (Å²) in [4.78, 5) is 2.42. The van der Waals surface area contributed by atoms with Crippen LogP contribution in [-0.4, -0.2) is 0 Å². The molecular formula is C58H41N. The summed E-state index contributed by atoms with van der Waals surface area (Å²) in [6.45, 7) is 0. The topological polar surface area (TPSA) is 3.24 Å². The number of fused-ring (bicyclic) bond motifs is 2. The molecule has 0 amide bonds. The molecule has 0 spiro atoms. The lowest BCUT2D eigenvalue weighted by atomic mass is 9.82. The van der Waals surface area contributed by atoms with Gasteiger partial charge in [-0.2, -0.15) is 0 Å². The van der Waals surface area contributed by atoms with Gasteiger partial charge in [0.15, 0.2) is 0 Å². The van der Waals surface area contributed by atoms with Crippen molar-refractivity contribution >= 4 is 60.2 Å². The van der Waals surface area contributed by atoms with Gasteiger partial charge in [-0.15, -0.1) is 0 Å². The summed E-state index contributed by atoms with van der Waals surface area (Å²) in [7, 11) is 0. The molecular weight excluding hydrogens is 711 g/mol. The van der Waals surface area contributed by atoms with Gasteiger partial charge in [-0.25, -0.2) is 0 Å². The number of para-hydroxylation sites is 1. The Morgan fingerprint density at radius 1 is 0.305 bits per heavy atom. The van der Waals surface area contributed by atoms with Gasteiger partial charge in [0.1, 0.15) is 0 Å². The fraction of sp³-hybridized carbons (Fsp3) is 0.0345. The maximum absolute atomic E-state index is 2.42. The predicted octanol–water partition coefficient (Wildman–Crippen LogP) is 15.9. The molecule has 59 heavy (non-hydrogen) atoms. The number of anilines is 3. The van der Waals surface area contributed by atoms with Crippen LogP contribution in [0.5, 0.6) is 0 Å². The molecule has 0 aliphatic heterocycles. The summed E-state index contributed by atoms with van der Waals surface area (Å²) in [5.74, 6) is 0.197. The van der Waals surface area contributed by atoms with Gasteiger partial charge in [0.2, 0.25) is 0 Å². The molecule has 0 fully saturated rings. The molecule has 278 valence electrons. The second-order valence-corrected chi connectivity index (χ2v) is 15.6. The highest BCUT2D eigenvalue weighted by Crippen LogP contribution is 2.47. The lowest BCUT2D eigenvalue weighted by Crippen LogP contribution is -2.10. The van der Waals surface area contributed by atoms with E-state index < -0.39 is 0 Å². The van der Waals surface area contributed by atoms with Crippen molar-refractivity contribution in [3.8, 4) is 22.3 Å². The first-order valence-corrected chi connectivity index (χ1v) is 20.6. The van der Waals surface area contributed by atoms with Gasteiger partial charge in [0.05, 0.1) is 5.69 Å². The average molecular weight is 752 g/mol. The Bertz CT molecular complexity index is 3210. The van der Waals surface area contributed by atoms with Crippen molar-refractivity contribution in [2.75, 3.05) is 4.90 Å². The minimum atomic E-state index is 0.197. The van der Waals surface area contributed by atoms with Gasteiger partial charge in [0, 0.05) is 22.7 Å². The van der Waals surface area contributed by atoms with E-state index in [1.54, 1.807) is 0 Å². The zero-order valence-electron chi connectivity index (χ0n) is 32.7. The molecule has 1 atom stereocenters. The summed E-state index contributed by atoms with van der Waals surface area (Å²) in [5, 5.41) is 10.4. The Kier molecular flexibility index (Phi) is 8.71. The lowest BCUT2D eigenvalue weighted by Gasteiger charge is -2.28. The van der Waals surface area contributed by atoms with E-state index in [-0.39, 0.29) is 5.92 Å². The fourth-order valence-electron chi connectivity index (χ4n) is 9.49. The smallest absolute Gasteiger partial charge is 0.0540 e. The van der Waals surface area contributed by atoms with Crippen LogP contribution in [0.25, 0.3) is 65.3 Å². The van der Waals surface area contributed by atoms with Crippen molar-refractivity contribution in [1.82, 2.24) is 0 Å². The van der Waals surface area contributed by atoms with Gasteiger partial charge in [0.25, 0.3) is 0 Å². The molecule has 0 saturated heterocycles. The van der Waals surface area contributed by atoms with Crippen LogP contribution in [0.3, 0.4) is 0 Å². The molecule has 0 aliphatic rings. The molecule has 0 bridgehead atoms. The third-order valence-corrected chi connectivity index (χ3v) is 12.2. The Morgan fingerprint density at radius 3 is 1.44 bits per heavy atom.